The highest BCUT2D eigenvalue weighted by Crippen LogP contribution is 2.38. The van der Waals surface area contributed by atoms with Crippen LogP contribution >= 0.6 is 22.9 Å². The standard InChI is InChI=1S/C15H20ClN3OS/c1-9-10(2)21-14-12(9)13(17-15(16)18-14)19-7-4-3-5-11(19)6-8-20/h11,20H,3-8H2,1-2H3. The normalized spacial score (nSPS) is 19.4. The molecule has 2 aromatic rings. The third-order valence-corrected chi connectivity index (χ3v) is 5.61. The SMILES string of the molecule is Cc1sc2nc(Cl)nc(N3CCCCC3CCO)c2c1C. The lowest BCUT2D eigenvalue weighted by atomic mass is 9.99. The van der Waals surface area contributed by atoms with E-state index >= 15 is 0 Å². The fraction of sp³-hybridized carbons (Fsp3) is 0.600. The Morgan fingerprint density at radius 1 is 1.33 bits per heavy atom. The fourth-order valence-electron chi connectivity index (χ4n) is 3.14. The summed E-state index contributed by atoms with van der Waals surface area (Å²) in [5.74, 6) is 0.949. The molecule has 1 fully saturated rings. The van der Waals surface area contributed by atoms with E-state index in [0.717, 1.165) is 41.8 Å². The molecular weight excluding hydrogens is 306 g/mol. The van der Waals surface area contributed by atoms with Crippen LogP contribution in [0.4, 0.5) is 5.82 Å². The topological polar surface area (TPSA) is 49.2 Å². The molecule has 0 amide bonds. The van der Waals surface area contributed by atoms with E-state index in [9.17, 15) is 5.11 Å². The summed E-state index contributed by atoms with van der Waals surface area (Å²) in [6.45, 7) is 5.42. The van der Waals surface area contributed by atoms with Crippen molar-refractivity contribution in [2.75, 3.05) is 18.1 Å². The fourth-order valence-corrected chi connectivity index (χ4v) is 4.38. The number of piperidine rings is 1. The lowest BCUT2D eigenvalue weighted by molar-refractivity contribution is 0.262. The first-order valence-corrected chi connectivity index (χ1v) is 8.62. The Morgan fingerprint density at radius 2 is 2.14 bits per heavy atom. The highest BCUT2D eigenvalue weighted by atomic mass is 35.5. The molecule has 0 bridgehead atoms. The molecule has 0 radical (unpaired) electrons. The smallest absolute Gasteiger partial charge is 0.225 e. The van der Waals surface area contributed by atoms with Crippen molar-refractivity contribution in [1.82, 2.24) is 9.97 Å². The van der Waals surface area contributed by atoms with Gasteiger partial charge in [0.25, 0.3) is 0 Å². The van der Waals surface area contributed by atoms with Crippen molar-refractivity contribution in [2.45, 2.75) is 45.6 Å². The average Bonchev–Trinajstić information content (AvgIpc) is 2.74. The summed E-state index contributed by atoms with van der Waals surface area (Å²) in [5.41, 5.74) is 1.25. The van der Waals surface area contributed by atoms with E-state index < -0.39 is 0 Å². The van der Waals surface area contributed by atoms with Crippen LogP contribution in [0.15, 0.2) is 0 Å². The predicted molar refractivity (Wildman–Crippen MR) is 88.6 cm³/mol. The van der Waals surface area contributed by atoms with Crippen molar-refractivity contribution in [3.63, 3.8) is 0 Å². The first kappa shape index (κ1) is 15.0. The Balaban J connectivity index is 2.13. The zero-order chi connectivity index (χ0) is 15.0. The molecule has 1 aliphatic heterocycles. The third-order valence-electron chi connectivity index (χ3n) is 4.34. The van der Waals surface area contributed by atoms with Crippen molar-refractivity contribution in [1.29, 1.82) is 0 Å². The highest BCUT2D eigenvalue weighted by molar-refractivity contribution is 7.18. The number of rotatable bonds is 3. The Hall–Kier alpha value is -0.910. The minimum atomic E-state index is 0.213. The summed E-state index contributed by atoms with van der Waals surface area (Å²) in [7, 11) is 0. The van der Waals surface area contributed by atoms with E-state index in [1.54, 1.807) is 11.3 Å². The molecule has 0 aromatic carbocycles. The summed E-state index contributed by atoms with van der Waals surface area (Å²) >= 11 is 7.81. The van der Waals surface area contributed by atoms with Gasteiger partial charge in [-0.1, -0.05) is 0 Å². The number of anilines is 1. The number of thiophene rings is 1. The summed E-state index contributed by atoms with van der Waals surface area (Å²) in [6, 6.07) is 0.345. The predicted octanol–water partition coefficient (Wildman–Crippen LogP) is 3.70. The highest BCUT2D eigenvalue weighted by Gasteiger charge is 2.26. The number of fused-ring (bicyclic) bond motifs is 1. The Labute approximate surface area is 133 Å². The van der Waals surface area contributed by atoms with Crippen LogP contribution < -0.4 is 4.90 Å². The second-order valence-corrected chi connectivity index (χ2v) is 7.18. The van der Waals surface area contributed by atoms with Gasteiger partial charge in [-0.25, -0.2) is 4.98 Å². The Bertz CT molecular complexity index is 656. The molecule has 1 saturated heterocycles. The van der Waals surface area contributed by atoms with Gasteiger partial charge in [0.05, 0.1) is 5.39 Å². The molecule has 2 aromatic heterocycles. The van der Waals surface area contributed by atoms with Crippen LogP contribution in [0.2, 0.25) is 5.28 Å². The van der Waals surface area contributed by atoms with E-state index in [1.165, 1.54) is 16.9 Å². The number of aliphatic hydroxyl groups is 1. The molecule has 1 N–H and O–H groups in total. The maximum Gasteiger partial charge on any atom is 0.225 e. The third kappa shape index (κ3) is 2.74. The maximum absolute atomic E-state index is 9.33. The summed E-state index contributed by atoms with van der Waals surface area (Å²) in [6.07, 6.45) is 4.26. The largest absolute Gasteiger partial charge is 0.396 e. The molecule has 21 heavy (non-hydrogen) atoms. The van der Waals surface area contributed by atoms with Gasteiger partial charge in [-0.2, -0.15) is 4.98 Å². The van der Waals surface area contributed by atoms with Gasteiger partial charge in [0.2, 0.25) is 5.28 Å². The van der Waals surface area contributed by atoms with E-state index in [4.69, 9.17) is 11.6 Å². The minimum absolute atomic E-state index is 0.213. The number of aromatic nitrogens is 2. The van der Waals surface area contributed by atoms with Crippen LogP contribution in [0, 0.1) is 13.8 Å². The van der Waals surface area contributed by atoms with Gasteiger partial charge in [0, 0.05) is 24.1 Å². The van der Waals surface area contributed by atoms with Crippen LogP contribution in [0.25, 0.3) is 10.2 Å². The summed E-state index contributed by atoms with van der Waals surface area (Å²) < 4.78 is 0. The molecule has 114 valence electrons. The van der Waals surface area contributed by atoms with Gasteiger partial charge in [-0.05, 0) is 56.7 Å². The van der Waals surface area contributed by atoms with E-state index in [-0.39, 0.29) is 6.61 Å². The Kier molecular flexibility index (Phi) is 4.33. The van der Waals surface area contributed by atoms with Gasteiger partial charge >= 0.3 is 0 Å². The molecule has 1 aliphatic rings. The van der Waals surface area contributed by atoms with Crippen LogP contribution in [0.1, 0.15) is 36.1 Å². The number of aliphatic hydroxyl groups excluding tert-OH is 1. The minimum Gasteiger partial charge on any atom is -0.396 e. The van der Waals surface area contributed by atoms with Crippen LogP contribution in [0.5, 0.6) is 0 Å². The zero-order valence-corrected chi connectivity index (χ0v) is 14.0. The van der Waals surface area contributed by atoms with Crippen molar-refractivity contribution in [3.05, 3.63) is 15.7 Å². The molecule has 1 atom stereocenters. The maximum atomic E-state index is 9.33. The number of aryl methyl sites for hydroxylation is 2. The van der Waals surface area contributed by atoms with Crippen molar-refractivity contribution in [3.8, 4) is 0 Å². The number of hydrogen-bond acceptors (Lipinski definition) is 5. The van der Waals surface area contributed by atoms with Crippen molar-refractivity contribution >= 4 is 39.0 Å². The van der Waals surface area contributed by atoms with Gasteiger partial charge in [-0.3, -0.25) is 0 Å². The molecule has 4 nitrogen and oxygen atoms in total. The zero-order valence-electron chi connectivity index (χ0n) is 12.4. The van der Waals surface area contributed by atoms with Crippen molar-refractivity contribution < 1.29 is 5.11 Å². The first-order chi connectivity index (χ1) is 10.1. The van der Waals surface area contributed by atoms with Gasteiger partial charge in [0.1, 0.15) is 10.6 Å². The molecule has 0 saturated carbocycles. The molecule has 1 unspecified atom stereocenters. The lowest BCUT2D eigenvalue weighted by Gasteiger charge is -2.37. The second kappa shape index (κ2) is 6.07. The molecule has 0 spiro atoms. The van der Waals surface area contributed by atoms with Crippen LogP contribution in [-0.2, 0) is 0 Å². The van der Waals surface area contributed by atoms with Crippen LogP contribution in [0.3, 0.4) is 0 Å². The Morgan fingerprint density at radius 3 is 2.90 bits per heavy atom. The summed E-state index contributed by atoms with van der Waals surface area (Å²) in [5, 5.41) is 10.8. The van der Waals surface area contributed by atoms with E-state index in [1.807, 2.05) is 0 Å². The van der Waals surface area contributed by atoms with Gasteiger partial charge < -0.3 is 10.0 Å². The number of halogens is 1. The number of hydrogen-bond donors (Lipinski definition) is 1. The van der Waals surface area contributed by atoms with Gasteiger partial charge in [0.15, 0.2) is 0 Å². The lowest BCUT2D eigenvalue weighted by Crippen LogP contribution is -2.40. The molecule has 3 rings (SSSR count). The molecule has 0 aliphatic carbocycles. The molecule has 3 heterocycles. The summed E-state index contributed by atoms with van der Waals surface area (Å²) in [4.78, 5) is 13.5. The monoisotopic (exact) mass is 325 g/mol. The van der Waals surface area contributed by atoms with Crippen LogP contribution in [-0.4, -0.2) is 34.3 Å². The molecule has 6 heteroatoms. The second-order valence-electron chi connectivity index (χ2n) is 5.63. The average molecular weight is 326 g/mol. The molecular formula is C15H20ClN3OS. The van der Waals surface area contributed by atoms with Crippen molar-refractivity contribution in [2.24, 2.45) is 0 Å². The van der Waals surface area contributed by atoms with E-state index in [2.05, 4.69) is 28.7 Å². The van der Waals surface area contributed by atoms with E-state index in [0.29, 0.717) is 11.3 Å². The number of nitrogens with zero attached hydrogens (tertiary/aromatic N) is 3. The first-order valence-electron chi connectivity index (χ1n) is 7.42. The quantitative estimate of drug-likeness (QED) is 0.874. The van der Waals surface area contributed by atoms with Gasteiger partial charge in [-0.15, -0.1) is 11.3 Å².